The van der Waals surface area contributed by atoms with Crippen LogP contribution in [0.25, 0.3) is 10.2 Å². The summed E-state index contributed by atoms with van der Waals surface area (Å²) in [5.74, 6) is -0.623. The molecule has 0 saturated carbocycles. The van der Waals surface area contributed by atoms with Crippen LogP contribution >= 0.6 is 27.3 Å². The van der Waals surface area contributed by atoms with E-state index >= 15 is 0 Å². The average Bonchev–Trinajstić information content (AvgIpc) is 3.11. The first-order chi connectivity index (χ1) is 11.9. The third-order valence-electron chi connectivity index (χ3n) is 3.48. The van der Waals surface area contributed by atoms with Crippen molar-refractivity contribution in [3.8, 4) is 0 Å². The van der Waals surface area contributed by atoms with Gasteiger partial charge in [-0.1, -0.05) is 15.9 Å². The molecule has 0 fully saturated rings. The van der Waals surface area contributed by atoms with Crippen LogP contribution < -0.4 is 5.32 Å². The molecule has 0 aliphatic carbocycles. The van der Waals surface area contributed by atoms with Crippen molar-refractivity contribution < 1.29 is 14.3 Å². The Morgan fingerprint density at radius 1 is 1.24 bits per heavy atom. The first-order valence-electron chi connectivity index (χ1n) is 7.77. The number of hydrogen-bond acceptors (Lipinski definition) is 4. The Balaban J connectivity index is 1.84. The van der Waals surface area contributed by atoms with Gasteiger partial charge in [-0.2, -0.15) is 0 Å². The van der Waals surface area contributed by atoms with Crippen molar-refractivity contribution in [3.63, 3.8) is 0 Å². The van der Waals surface area contributed by atoms with Crippen molar-refractivity contribution in [1.29, 1.82) is 0 Å². The molecule has 0 aliphatic rings. The fourth-order valence-electron chi connectivity index (χ4n) is 2.45. The lowest BCUT2D eigenvalue weighted by Crippen LogP contribution is -2.22. The molecule has 1 N–H and O–H groups in total. The lowest BCUT2D eigenvalue weighted by atomic mass is 10.3. The van der Waals surface area contributed by atoms with E-state index in [0.29, 0.717) is 11.4 Å². The van der Waals surface area contributed by atoms with Crippen LogP contribution in [0.2, 0.25) is 0 Å². The maximum Gasteiger partial charge on any atom is 0.355 e. The summed E-state index contributed by atoms with van der Waals surface area (Å²) in [6.07, 6.45) is -0.217. The van der Waals surface area contributed by atoms with Gasteiger partial charge < -0.3 is 14.6 Å². The highest BCUT2D eigenvalue weighted by Gasteiger charge is 2.20. The summed E-state index contributed by atoms with van der Waals surface area (Å²) in [4.78, 5) is 25.7. The minimum Gasteiger partial charge on any atom is -0.458 e. The van der Waals surface area contributed by atoms with E-state index in [1.807, 2.05) is 35.7 Å². The Morgan fingerprint density at radius 3 is 2.64 bits per heavy atom. The lowest BCUT2D eigenvalue weighted by molar-refractivity contribution is -0.116. The van der Waals surface area contributed by atoms with Gasteiger partial charge in [0.25, 0.3) is 0 Å². The van der Waals surface area contributed by atoms with Gasteiger partial charge in [-0.3, -0.25) is 4.79 Å². The summed E-state index contributed by atoms with van der Waals surface area (Å²) in [5, 5.41) is 5.71. The second-order valence-electron chi connectivity index (χ2n) is 5.81. The highest BCUT2D eigenvalue weighted by molar-refractivity contribution is 9.10. The fraction of sp³-hybridized carbons (Fsp3) is 0.222. The summed E-state index contributed by atoms with van der Waals surface area (Å²) in [7, 11) is 0. The zero-order chi connectivity index (χ0) is 18.0. The number of fused-ring (bicyclic) bond motifs is 1. The number of benzene rings is 1. The van der Waals surface area contributed by atoms with E-state index < -0.39 is 5.97 Å². The van der Waals surface area contributed by atoms with Crippen LogP contribution in [0.4, 0.5) is 5.69 Å². The van der Waals surface area contributed by atoms with Crippen LogP contribution in [0, 0.1) is 0 Å². The summed E-state index contributed by atoms with van der Waals surface area (Å²) >= 11 is 4.85. The van der Waals surface area contributed by atoms with Gasteiger partial charge in [-0.15, -0.1) is 11.3 Å². The topological polar surface area (TPSA) is 60.3 Å². The number of aromatic nitrogens is 1. The second kappa shape index (κ2) is 7.41. The number of rotatable bonds is 5. The van der Waals surface area contributed by atoms with Gasteiger partial charge in [0.1, 0.15) is 17.1 Å². The van der Waals surface area contributed by atoms with Crippen LogP contribution in [-0.4, -0.2) is 22.5 Å². The number of ether oxygens (including phenoxy) is 1. The molecule has 0 atom stereocenters. The Morgan fingerprint density at radius 2 is 1.96 bits per heavy atom. The first-order valence-corrected chi connectivity index (χ1v) is 9.44. The highest BCUT2D eigenvalue weighted by Crippen LogP contribution is 2.26. The smallest absolute Gasteiger partial charge is 0.355 e. The van der Waals surface area contributed by atoms with Crippen molar-refractivity contribution in [3.05, 3.63) is 51.9 Å². The van der Waals surface area contributed by atoms with E-state index in [1.165, 1.54) is 11.3 Å². The molecule has 5 nitrogen and oxygen atoms in total. The molecular formula is C18H17BrN2O3S. The SMILES string of the molecule is CC(C)OC(=O)c1cc2ccsc2n1CC(=O)Nc1ccc(Br)cc1. The Labute approximate surface area is 157 Å². The van der Waals surface area contributed by atoms with E-state index in [1.54, 1.807) is 24.5 Å². The molecule has 3 aromatic rings. The number of esters is 1. The minimum atomic E-state index is -0.421. The second-order valence-corrected chi connectivity index (χ2v) is 7.62. The third kappa shape index (κ3) is 4.11. The van der Waals surface area contributed by atoms with Gasteiger partial charge in [-0.25, -0.2) is 4.79 Å². The highest BCUT2D eigenvalue weighted by atomic mass is 79.9. The third-order valence-corrected chi connectivity index (χ3v) is 4.96. The van der Waals surface area contributed by atoms with Crippen LogP contribution in [0.5, 0.6) is 0 Å². The Kier molecular flexibility index (Phi) is 5.24. The number of nitrogens with zero attached hydrogens (tertiary/aromatic N) is 1. The molecular weight excluding hydrogens is 404 g/mol. The molecule has 0 spiro atoms. The predicted molar refractivity (Wildman–Crippen MR) is 103 cm³/mol. The monoisotopic (exact) mass is 420 g/mol. The fourth-order valence-corrected chi connectivity index (χ4v) is 3.61. The molecule has 2 heterocycles. The number of nitrogens with one attached hydrogen (secondary N) is 1. The maximum absolute atomic E-state index is 12.4. The number of carbonyl (C=O) groups excluding carboxylic acids is 2. The molecule has 25 heavy (non-hydrogen) atoms. The van der Waals surface area contributed by atoms with E-state index in [9.17, 15) is 9.59 Å². The molecule has 0 saturated heterocycles. The Hall–Kier alpha value is -2.12. The molecule has 0 aliphatic heterocycles. The molecule has 1 amide bonds. The average molecular weight is 421 g/mol. The van der Waals surface area contributed by atoms with Crippen molar-refractivity contribution in [2.24, 2.45) is 0 Å². The van der Waals surface area contributed by atoms with E-state index in [2.05, 4.69) is 21.2 Å². The molecule has 0 bridgehead atoms. The zero-order valence-corrected chi connectivity index (χ0v) is 16.2. The molecule has 3 rings (SSSR count). The summed E-state index contributed by atoms with van der Waals surface area (Å²) in [6, 6.07) is 11.0. The molecule has 0 unspecified atom stereocenters. The number of anilines is 1. The Bertz CT molecular complexity index is 912. The number of carbonyl (C=O) groups is 2. The summed E-state index contributed by atoms with van der Waals surface area (Å²) < 4.78 is 7.94. The number of thiophene rings is 1. The molecule has 1 aromatic carbocycles. The normalized spacial score (nSPS) is 11.0. The van der Waals surface area contributed by atoms with Crippen molar-refractivity contribution in [2.75, 3.05) is 5.32 Å². The van der Waals surface area contributed by atoms with Gasteiger partial charge in [0.15, 0.2) is 0 Å². The summed E-state index contributed by atoms with van der Waals surface area (Å²) in [5.41, 5.74) is 1.09. The van der Waals surface area contributed by atoms with Gasteiger partial charge in [0.05, 0.1) is 6.10 Å². The molecule has 2 aromatic heterocycles. The number of amides is 1. The zero-order valence-electron chi connectivity index (χ0n) is 13.8. The van der Waals surface area contributed by atoms with Gasteiger partial charge >= 0.3 is 5.97 Å². The number of halogens is 1. The van der Waals surface area contributed by atoms with Crippen molar-refractivity contribution in [1.82, 2.24) is 4.57 Å². The van der Waals surface area contributed by atoms with Gasteiger partial charge in [-0.05, 0) is 55.6 Å². The van der Waals surface area contributed by atoms with Crippen molar-refractivity contribution in [2.45, 2.75) is 26.5 Å². The predicted octanol–water partition coefficient (Wildman–Crippen LogP) is 4.67. The van der Waals surface area contributed by atoms with Gasteiger partial charge in [0.2, 0.25) is 5.91 Å². The van der Waals surface area contributed by atoms with Crippen LogP contribution in [0.3, 0.4) is 0 Å². The lowest BCUT2D eigenvalue weighted by Gasteiger charge is -2.12. The van der Waals surface area contributed by atoms with E-state index in [4.69, 9.17) is 4.74 Å². The molecule has 0 radical (unpaired) electrons. The maximum atomic E-state index is 12.4. The van der Waals surface area contributed by atoms with E-state index in [-0.39, 0.29) is 18.6 Å². The first kappa shape index (κ1) is 17.7. The van der Waals surface area contributed by atoms with E-state index in [0.717, 1.165) is 14.7 Å². The standard InChI is InChI=1S/C18H17BrN2O3S/c1-11(2)24-18(23)15-9-12-7-8-25-17(12)21(15)10-16(22)20-14-5-3-13(19)4-6-14/h3-9,11H,10H2,1-2H3,(H,20,22). The minimum absolute atomic E-state index is 0.0443. The molecule has 7 heteroatoms. The quantitative estimate of drug-likeness (QED) is 0.610. The van der Waals surface area contributed by atoms with Crippen LogP contribution in [0.1, 0.15) is 24.3 Å². The number of hydrogen-bond donors (Lipinski definition) is 1. The van der Waals surface area contributed by atoms with Crippen molar-refractivity contribution >= 4 is 55.0 Å². The van der Waals surface area contributed by atoms with Crippen LogP contribution in [-0.2, 0) is 16.1 Å². The van der Waals surface area contributed by atoms with Crippen LogP contribution in [0.15, 0.2) is 46.3 Å². The van der Waals surface area contributed by atoms with Gasteiger partial charge in [0, 0.05) is 15.5 Å². The molecule has 130 valence electrons. The summed E-state index contributed by atoms with van der Waals surface area (Å²) in [6.45, 7) is 3.64. The largest absolute Gasteiger partial charge is 0.458 e.